The lowest BCUT2D eigenvalue weighted by Gasteiger charge is -2.36. The van der Waals surface area contributed by atoms with Gasteiger partial charge in [-0.1, -0.05) is 51.2 Å². The summed E-state index contributed by atoms with van der Waals surface area (Å²) in [6, 6.07) is 6.36. The molecule has 1 fully saturated rings. The molecule has 0 amide bonds. The molecular weight excluding hydrogens is 251 g/mol. The molecule has 0 aromatic heterocycles. The van der Waals surface area contributed by atoms with Gasteiger partial charge in [0.05, 0.1) is 5.60 Å². The molecule has 20 heavy (non-hydrogen) atoms. The van der Waals surface area contributed by atoms with Crippen LogP contribution in [0.15, 0.2) is 24.3 Å². The van der Waals surface area contributed by atoms with Crippen LogP contribution in [0.25, 0.3) is 0 Å². The second-order valence-electron chi connectivity index (χ2n) is 6.33. The van der Waals surface area contributed by atoms with E-state index in [-0.39, 0.29) is 5.82 Å². The molecule has 1 aliphatic carbocycles. The number of aliphatic hydroxyl groups is 1. The van der Waals surface area contributed by atoms with Gasteiger partial charge in [-0.3, -0.25) is 0 Å². The zero-order chi connectivity index (χ0) is 14.4. The van der Waals surface area contributed by atoms with Crippen LogP contribution in [0, 0.1) is 11.7 Å². The highest BCUT2D eigenvalue weighted by molar-refractivity contribution is 5.23. The Bertz CT molecular complexity index is 390. The van der Waals surface area contributed by atoms with Crippen molar-refractivity contribution in [3.8, 4) is 0 Å². The van der Waals surface area contributed by atoms with Crippen molar-refractivity contribution in [2.45, 2.75) is 70.3 Å². The average Bonchev–Trinajstić information content (AvgIpc) is 2.46. The molecule has 2 rings (SSSR count). The maximum absolute atomic E-state index is 13.0. The minimum atomic E-state index is -0.729. The van der Waals surface area contributed by atoms with Gasteiger partial charge >= 0.3 is 0 Å². The largest absolute Gasteiger partial charge is 0.385 e. The molecule has 2 heteroatoms. The summed E-state index contributed by atoms with van der Waals surface area (Å²) in [5.41, 5.74) is 0.150. The van der Waals surface area contributed by atoms with E-state index in [9.17, 15) is 9.50 Å². The minimum absolute atomic E-state index is 0.234. The van der Waals surface area contributed by atoms with Crippen LogP contribution in [0.2, 0.25) is 0 Å². The van der Waals surface area contributed by atoms with E-state index in [4.69, 9.17) is 0 Å². The summed E-state index contributed by atoms with van der Waals surface area (Å²) in [6.07, 6.45) is 10.4. The van der Waals surface area contributed by atoms with Gasteiger partial charge < -0.3 is 5.11 Å². The van der Waals surface area contributed by atoms with Gasteiger partial charge in [0.25, 0.3) is 0 Å². The molecule has 1 aromatic carbocycles. The molecule has 0 bridgehead atoms. The van der Waals surface area contributed by atoms with Crippen LogP contribution in [0.4, 0.5) is 4.39 Å². The SMILES string of the molecule is CCCCCCC1CCC(O)(c2ccc(F)cc2)CC1. The van der Waals surface area contributed by atoms with Crippen molar-refractivity contribution < 1.29 is 9.50 Å². The van der Waals surface area contributed by atoms with E-state index in [1.54, 1.807) is 12.1 Å². The molecule has 0 radical (unpaired) electrons. The van der Waals surface area contributed by atoms with Crippen LogP contribution >= 0.6 is 0 Å². The van der Waals surface area contributed by atoms with E-state index in [1.165, 1.54) is 44.2 Å². The second-order valence-corrected chi connectivity index (χ2v) is 6.33. The Morgan fingerprint density at radius 2 is 1.75 bits per heavy atom. The van der Waals surface area contributed by atoms with Crippen LogP contribution in [0.1, 0.15) is 70.3 Å². The highest BCUT2D eigenvalue weighted by Crippen LogP contribution is 2.41. The molecular formula is C18H27FO. The van der Waals surface area contributed by atoms with Gasteiger partial charge in [-0.15, -0.1) is 0 Å². The van der Waals surface area contributed by atoms with Crippen molar-refractivity contribution in [2.75, 3.05) is 0 Å². The number of halogens is 1. The molecule has 0 heterocycles. The number of benzene rings is 1. The molecule has 0 aliphatic heterocycles. The van der Waals surface area contributed by atoms with Crippen molar-refractivity contribution >= 4 is 0 Å². The first-order valence-electron chi connectivity index (χ1n) is 8.12. The normalized spacial score (nSPS) is 26.6. The smallest absolute Gasteiger partial charge is 0.123 e. The van der Waals surface area contributed by atoms with Crippen molar-refractivity contribution in [3.63, 3.8) is 0 Å². The lowest BCUT2D eigenvalue weighted by atomic mass is 9.74. The first-order chi connectivity index (χ1) is 9.64. The van der Waals surface area contributed by atoms with Crippen molar-refractivity contribution in [1.29, 1.82) is 0 Å². The van der Waals surface area contributed by atoms with Gasteiger partial charge in [-0.25, -0.2) is 4.39 Å². The highest BCUT2D eigenvalue weighted by Gasteiger charge is 2.34. The van der Waals surface area contributed by atoms with Gasteiger partial charge in [0.15, 0.2) is 0 Å². The third kappa shape index (κ3) is 4.05. The fourth-order valence-corrected chi connectivity index (χ4v) is 3.35. The summed E-state index contributed by atoms with van der Waals surface area (Å²) < 4.78 is 13.0. The third-order valence-corrected chi connectivity index (χ3v) is 4.78. The molecule has 0 spiro atoms. The Balaban J connectivity index is 1.82. The van der Waals surface area contributed by atoms with E-state index < -0.39 is 5.60 Å². The lowest BCUT2D eigenvalue weighted by Crippen LogP contribution is -2.31. The van der Waals surface area contributed by atoms with E-state index in [2.05, 4.69) is 6.92 Å². The molecule has 1 nitrogen and oxygen atoms in total. The molecule has 112 valence electrons. The Morgan fingerprint density at radius 3 is 2.35 bits per heavy atom. The van der Waals surface area contributed by atoms with Crippen LogP contribution in [0.5, 0.6) is 0 Å². The average molecular weight is 278 g/mol. The summed E-state index contributed by atoms with van der Waals surface area (Å²) in [4.78, 5) is 0. The van der Waals surface area contributed by atoms with E-state index >= 15 is 0 Å². The predicted molar refractivity (Wildman–Crippen MR) is 81.0 cm³/mol. The summed E-state index contributed by atoms with van der Waals surface area (Å²) in [5.74, 6) is 0.537. The number of hydrogen-bond acceptors (Lipinski definition) is 1. The van der Waals surface area contributed by atoms with Crippen LogP contribution in [0.3, 0.4) is 0 Å². The van der Waals surface area contributed by atoms with Gasteiger partial charge in [0, 0.05) is 0 Å². The number of unbranched alkanes of at least 4 members (excludes halogenated alkanes) is 3. The Hall–Kier alpha value is -0.890. The van der Waals surface area contributed by atoms with Crippen LogP contribution in [-0.4, -0.2) is 5.11 Å². The van der Waals surface area contributed by atoms with Gasteiger partial charge in [-0.05, 0) is 49.3 Å². The molecule has 1 aliphatic rings. The quantitative estimate of drug-likeness (QED) is 0.711. The standard InChI is InChI=1S/C18H27FO/c1-2-3-4-5-6-15-11-13-18(20,14-12-15)16-7-9-17(19)10-8-16/h7-10,15,20H,2-6,11-14H2,1H3. The molecule has 0 atom stereocenters. The molecule has 0 unspecified atom stereocenters. The maximum atomic E-state index is 13.0. The monoisotopic (exact) mass is 278 g/mol. The van der Waals surface area contributed by atoms with E-state index in [0.717, 1.165) is 37.2 Å². The first kappa shape index (κ1) is 15.5. The van der Waals surface area contributed by atoms with Gasteiger partial charge in [0.2, 0.25) is 0 Å². The molecule has 1 aromatic rings. The summed E-state index contributed by atoms with van der Waals surface area (Å²) in [6.45, 7) is 2.24. The first-order valence-corrected chi connectivity index (χ1v) is 8.12. The van der Waals surface area contributed by atoms with Crippen LogP contribution < -0.4 is 0 Å². The van der Waals surface area contributed by atoms with Crippen molar-refractivity contribution in [1.82, 2.24) is 0 Å². The zero-order valence-electron chi connectivity index (χ0n) is 12.6. The van der Waals surface area contributed by atoms with Crippen LogP contribution in [-0.2, 0) is 5.60 Å². The van der Waals surface area contributed by atoms with E-state index in [0.29, 0.717) is 0 Å². The van der Waals surface area contributed by atoms with Gasteiger partial charge in [-0.2, -0.15) is 0 Å². The second kappa shape index (κ2) is 7.21. The van der Waals surface area contributed by atoms with Crippen molar-refractivity contribution in [2.24, 2.45) is 5.92 Å². The highest BCUT2D eigenvalue weighted by atomic mass is 19.1. The van der Waals surface area contributed by atoms with Gasteiger partial charge in [0.1, 0.15) is 5.82 Å². The topological polar surface area (TPSA) is 20.2 Å². The lowest BCUT2D eigenvalue weighted by molar-refractivity contribution is -0.0154. The Morgan fingerprint density at radius 1 is 1.10 bits per heavy atom. The summed E-state index contributed by atoms with van der Waals surface area (Å²) in [5, 5.41) is 10.7. The Kier molecular flexibility index (Phi) is 5.59. The van der Waals surface area contributed by atoms with E-state index in [1.807, 2.05) is 0 Å². The summed E-state index contributed by atoms with van der Waals surface area (Å²) in [7, 11) is 0. The Labute approximate surface area is 122 Å². The molecule has 0 saturated heterocycles. The fraction of sp³-hybridized carbons (Fsp3) is 0.667. The maximum Gasteiger partial charge on any atom is 0.123 e. The zero-order valence-corrected chi connectivity index (χ0v) is 12.6. The molecule has 1 saturated carbocycles. The summed E-state index contributed by atoms with van der Waals surface area (Å²) >= 11 is 0. The van der Waals surface area contributed by atoms with Crippen molar-refractivity contribution in [3.05, 3.63) is 35.6 Å². The molecule has 1 N–H and O–H groups in total. The predicted octanol–water partition coefficient (Wildman–Crippen LogP) is 5.17. The minimum Gasteiger partial charge on any atom is -0.385 e. The number of hydrogen-bond donors (Lipinski definition) is 1. The fourth-order valence-electron chi connectivity index (χ4n) is 3.35. The number of rotatable bonds is 6. The third-order valence-electron chi connectivity index (χ3n) is 4.78.